The predicted molar refractivity (Wildman–Crippen MR) is 170 cm³/mol. The zero-order chi connectivity index (χ0) is 33.6. The number of hydrogen-bond acceptors (Lipinski definition) is 10. The van der Waals surface area contributed by atoms with Crippen LogP contribution in [0.1, 0.15) is 57.5 Å². The van der Waals surface area contributed by atoms with E-state index >= 15 is 0 Å². The average molecular weight is 652 g/mol. The summed E-state index contributed by atoms with van der Waals surface area (Å²) in [7, 11) is -2.69. The maximum atomic E-state index is 14.0. The van der Waals surface area contributed by atoms with Crippen molar-refractivity contribution in [1.82, 2.24) is 9.37 Å². The topological polar surface area (TPSA) is 147 Å². The molecule has 1 amide bonds. The van der Waals surface area contributed by atoms with Crippen molar-refractivity contribution >= 4 is 21.9 Å². The highest BCUT2D eigenvalue weighted by molar-refractivity contribution is 7.89. The number of benzene rings is 2. The molecule has 0 radical (unpaired) electrons. The van der Waals surface area contributed by atoms with E-state index < -0.39 is 33.6 Å². The summed E-state index contributed by atoms with van der Waals surface area (Å²) >= 11 is 0. The third-order valence-corrected chi connectivity index (χ3v) is 8.26. The molecule has 13 heteroatoms. The number of methoxy groups -OCH3 is 1. The Balaban J connectivity index is 2.26. The molecule has 0 aliphatic rings. The Labute approximate surface area is 267 Å². The molecule has 0 spiro atoms. The van der Waals surface area contributed by atoms with Crippen molar-refractivity contribution in [3.63, 3.8) is 0 Å². The van der Waals surface area contributed by atoms with Crippen LogP contribution >= 0.6 is 0 Å². The van der Waals surface area contributed by atoms with E-state index in [1.165, 1.54) is 24.3 Å². The number of sulfonamides is 1. The van der Waals surface area contributed by atoms with Crippen molar-refractivity contribution in [2.75, 3.05) is 53.2 Å². The smallest absolute Gasteiger partial charge is 0.325 e. The highest BCUT2D eigenvalue weighted by Gasteiger charge is 2.40. The third kappa shape index (κ3) is 12.0. The molecule has 0 aliphatic heterocycles. The second kappa shape index (κ2) is 18.2. The fraction of sp³-hybridized carbons (Fsp3) is 0.562. The SMILES string of the molecule is CCN(OCCOCCOCCN)C(=O)c1ccc(CN(C(C(=O)OC(C)(C)C)C(C)C)S(=O)(=O)c2ccc(OC)cc2)cc1. The first-order valence-electron chi connectivity index (χ1n) is 15.0. The predicted octanol–water partition coefficient (Wildman–Crippen LogP) is 3.64. The normalized spacial score (nSPS) is 12.8. The monoisotopic (exact) mass is 651 g/mol. The summed E-state index contributed by atoms with van der Waals surface area (Å²) in [4.78, 5) is 32.2. The molecule has 0 fully saturated rings. The molecule has 252 valence electrons. The number of nitrogens with zero attached hydrogens (tertiary/aromatic N) is 2. The van der Waals surface area contributed by atoms with Gasteiger partial charge in [0.1, 0.15) is 17.4 Å². The van der Waals surface area contributed by atoms with E-state index in [1.807, 2.05) is 0 Å². The summed E-state index contributed by atoms with van der Waals surface area (Å²) in [5.74, 6) is -0.915. The number of ether oxygens (including phenoxy) is 4. The van der Waals surface area contributed by atoms with Crippen LogP contribution in [0.5, 0.6) is 5.75 Å². The third-order valence-electron chi connectivity index (χ3n) is 6.42. The van der Waals surface area contributed by atoms with E-state index in [2.05, 4.69) is 0 Å². The molecular weight excluding hydrogens is 602 g/mol. The van der Waals surface area contributed by atoms with Crippen LogP contribution in [-0.2, 0) is 40.4 Å². The highest BCUT2D eigenvalue weighted by Crippen LogP contribution is 2.28. The summed E-state index contributed by atoms with van der Waals surface area (Å²) in [5, 5.41) is 1.24. The highest BCUT2D eigenvalue weighted by atomic mass is 32.2. The van der Waals surface area contributed by atoms with E-state index in [1.54, 1.807) is 77.9 Å². The van der Waals surface area contributed by atoms with Gasteiger partial charge in [0.2, 0.25) is 10.0 Å². The molecule has 2 aromatic rings. The molecule has 45 heavy (non-hydrogen) atoms. The van der Waals surface area contributed by atoms with Gasteiger partial charge in [-0.2, -0.15) is 4.31 Å². The van der Waals surface area contributed by atoms with Gasteiger partial charge in [-0.25, -0.2) is 13.5 Å². The van der Waals surface area contributed by atoms with Crippen LogP contribution in [0.2, 0.25) is 0 Å². The Morgan fingerprint density at radius 2 is 1.47 bits per heavy atom. The van der Waals surface area contributed by atoms with E-state index in [0.29, 0.717) is 49.8 Å². The minimum atomic E-state index is -4.18. The Morgan fingerprint density at radius 3 is 1.98 bits per heavy atom. The molecule has 2 rings (SSSR count). The van der Waals surface area contributed by atoms with Crippen LogP contribution in [0.3, 0.4) is 0 Å². The lowest BCUT2D eigenvalue weighted by molar-refractivity contribution is -0.161. The minimum absolute atomic E-state index is 0.00658. The lowest BCUT2D eigenvalue weighted by Gasteiger charge is -2.34. The number of hydroxylamine groups is 2. The Hall–Kier alpha value is -3.07. The second-order valence-corrected chi connectivity index (χ2v) is 13.4. The van der Waals surface area contributed by atoms with Crippen LogP contribution in [0, 0.1) is 5.92 Å². The van der Waals surface area contributed by atoms with Gasteiger partial charge in [-0.05, 0) is 75.6 Å². The Kier molecular flexibility index (Phi) is 15.4. The van der Waals surface area contributed by atoms with Crippen molar-refractivity contribution < 1.29 is 41.8 Å². The Bertz CT molecular complexity index is 1290. The number of rotatable bonds is 19. The minimum Gasteiger partial charge on any atom is -0.497 e. The molecule has 0 bridgehead atoms. The van der Waals surface area contributed by atoms with Gasteiger partial charge in [-0.3, -0.25) is 14.4 Å². The molecule has 0 aromatic heterocycles. The van der Waals surface area contributed by atoms with Crippen molar-refractivity contribution in [2.24, 2.45) is 11.7 Å². The number of carbonyl (C=O) groups excluding carboxylic acids is 2. The second-order valence-electron chi connectivity index (χ2n) is 11.5. The molecule has 0 heterocycles. The van der Waals surface area contributed by atoms with Crippen LogP contribution < -0.4 is 10.5 Å². The van der Waals surface area contributed by atoms with Crippen LogP contribution in [-0.4, -0.2) is 94.5 Å². The van der Waals surface area contributed by atoms with Gasteiger partial charge in [0.25, 0.3) is 5.91 Å². The van der Waals surface area contributed by atoms with Crippen LogP contribution in [0.4, 0.5) is 0 Å². The molecule has 1 atom stereocenters. The Morgan fingerprint density at radius 1 is 0.889 bits per heavy atom. The van der Waals surface area contributed by atoms with Gasteiger partial charge in [-0.1, -0.05) is 26.0 Å². The van der Waals surface area contributed by atoms with E-state index in [9.17, 15) is 18.0 Å². The summed E-state index contributed by atoms with van der Waals surface area (Å²) in [6.45, 7) is 12.9. The van der Waals surface area contributed by atoms with Crippen molar-refractivity contribution in [2.45, 2.75) is 64.6 Å². The first-order chi connectivity index (χ1) is 21.2. The number of hydrogen-bond donors (Lipinski definition) is 1. The van der Waals surface area contributed by atoms with E-state index in [4.69, 9.17) is 29.5 Å². The number of amides is 1. The van der Waals surface area contributed by atoms with Crippen molar-refractivity contribution in [3.8, 4) is 5.75 Å². The maximum Gasteiger partial charge on any atom is 0.325 e. The number of esters is 1. The van der Waals surface area contributed by atoms with Gasteiger partial charge < -0.3 is 24.7 Å². The fourth-order valence-corrected chi connectivity index (χ4v) is 5.98. The molecule has 2 aromatic carbocycles. The molecule has 0 saturated heterocycles. The average Bonchev–Trinajstić information content (AvgIpc) is 2.99. The summed E-state index contributed by atoms with van der Waals surface area (Å²) in [6, 6.07) is 11.4. The van der Waals surface area contributed by atoms with Gasteiger partial charge in [0.05, 0.1) is 45.0 Å². The first-order valence-corrected chi connectivity index (χ1v) is 16.5. The zero-order valence-corrected chi connectivity index (χ0v) is 28.3. The van der Waals surface area contributed by atoms with Crippen LogP contribution in [0.25, 0.3) is 0 Å². The van der Waals surface area contributed by atoms with Gasteiger partial charge in [0, 0.05) is 25.2 Å². The molecule has 0 aliphatic carbocycles. The van der Waals surface area contributed by atoms with Crippen molar-refractivity contribution in [3.05, 3.63) is 59.7 Å². The summed E-state index contributed by atoms with van der Waals surface area (Å²) in [5.41, 5.74) is 5.49. The van der Waals surface area contributed by atoms with Crippen molar-refractivity contribution in [1.29, 1.82) is 0 Å². The number of carbonyl (C=O) groups is 2. The molecule has 1 unspecified atom stereocenters. The zero-order valence-electron chi connectivity index (χ0n) is 27.5. The largest absolute Gasteiger partial charge is 0.497 e. The fourth-order valence-electron chi connectivity index (χ4n) is 4.28. The lowest BCUT2D eigenvalue weighted by Crippen LogP contribution is -2.49. The first kappa shape index (κ1) is 38.1. The molecular formula is C32H49N3O9S. The number of nitrogens with two attached hydrogens (primary N) is 1. The van der Waals surface area contributed by atoms with Gasteiger partial charge in [-0.15, -0.1) is 0 Å². The summed E-state index contributed by atoms with van der Waals surface area (Å²) < 4.78 is 50.8. The molecule has 12 nitrogen and oxygen atoms in total. The molecule has 0 saturated carbocycles. The van der Waals surface area contributed by atoms with E-state index in [-0.39, 0.29) is 30.6 Å². The van der Waals surface area contributed by atoms with E-state index in [0.717, 1.165) is 4.31 Å². The standard InChI is InChI=1S/C32H49N3O9S/c1-8-34(43-22-21-42-20-19-41-18-17-33)30(36)26-11-9-25(10-12-26)23-35(29(24(2)3)31(37)44-32(4,5)6)45(38,39)28-15-13-27(40-7)14-16-28/h9-16,24,29H,8,17-23,33H2,1-7H3. The van der Waals surface area contributed by atoms with Gasteiger partial charge >= 0.3 is 5.97 Å². The maximum absolute atomic E-state index is 14.0. The quantitative estimate of drug-likeness (QED) is 0.136. The van der Waals surface area contributed by atoms with Gasteiger partial charge in [0.15, 0.2) is 0 Å². The van der Waals surface area contributed by atoms with Crippen LogP contribution in [0.15, 0.2) is 53.4 Å². The lowest BCUT2D eigenvalue weighted by atomic mass is 10.0. The summed E-state index contributed by atoms with van der Waals surface area (Å²) in [6.07, 6.45) is 0. The molecule has 2 N–H and O–H groups in total.